The summed E-state index contributed by atoms with van der Waals surface area (Å²) in [6, 6.07) is 10.0. The largest absolute Gasteiger partial charge is 0.385 e. The fraction of sp³-hybridized carbons (Fsp3) is 0.231. The number of para-hydroxylation sites is 1. The second-order valence-corrected chi connectivity index (χ2v) is 3.69. The average Bonchev–Trinajstić information content (AvgIpc) is 2.27. The maximum Gasteiger partial charge on any atom is 0.106 e. The van der Waals surface area contributed by atoms with Crippen LogP contribution in [0.1, 0.15) is 13.8 Å². The molecule has 0 saturated carbocycles. The minimum atomic E-state index is 0.744. The van der Waals surface area contributed by atoms with E-state index < -0.39 is 0 Å². The Morgan fingerprint density at radius 2 is 1.73 bits per heavy atom. The quantitative estimate of drug-likeness (QED) is 0.764. The topological polar surface area (TPSA) is 29.3 Å². The molecule has 1 aromatic carbocycles. The van der Waals surface area contributed by atoms with Crippen molar-refractivity contribution < 1.29 is 0 Å². The molecule has 0 aliphatic carbocycles. The van der Waals surface area contributed by atoms with E-state index in [1.165, 1.54) is 0 Å². The third kappa shape index (κ3) is 2.62. The monoisotopic (exact) mass is 202 g/mol. The SMILES string of the molecule is C=C(C)/C(C)=C(/N)N(C)c1ccccc1. The van der Waals surface area contributed by atoms with Gasteiger partial charge < -0.3 is 10.6 Å². The highest BCUT2D eigenvalue weighted by molar-refractivity contribution is 5.52. The zero-order valence-corrected chi connectivity index (χ0v) is 9.62. The molecule has 2 N–H and O–H groups in total. The van der Waals surface area contributed by atoms with E-state index in [0.717, 1.165) is 22.7 Å². The summed E-state index contributed by atoms with van der Waals surface area (Å²) in [5.74, 6) is 0.744. The van der Waals surface area contributed by atoms with Crippen LogP contribution in [-0.4, -0.2) is 7.05 Å². The molecule has 0 heterocycles. The molecular formula is C13H18N2. The van der Waals surface area contributed by atoms with Crippen LogP contribution in [0.3, 0.4) is 0 Å². The molecule has 1 aromatic rings. The van der Waals surface area contributed by atoms with E-state index in [1.54, 1.807) is 0 Å². The average molecular weight is 202 g/mol. The molecule has 0 spiro atoms. The standard InChI is InChI=1S/C13H18N2/c1-10(2)11(3)13(14)15(4)12-8-6-5-7-9-12/h5-9H,1,14H2,2-4H3/b13-11-. The van der Waals surface area contributed by atoms with Crippen LogP contribution in [0.15, 0.2) is 53.9 Å². The van der Waals surface area contributed by atoms with Crippen LogP contribution in [0, 0.1) is 0 Å². The first-order chi connectivity index (χ1) is 7.04. The molecule has 0 bridgehead atoms. The van der Waals surface area contributed by atoms with Crippen LogP contribution in [0.5, 0.6) is 0 Å². The molecule has 0 aliphatic rings. The predicted molar refractivity (Wildman–Crippen MR) is 66.5 cm³/mol. The van der Waals surface area contributed by atoms with Gasteiger partial charge in [0.2, 0.25) is 0 Å². The molecular weight excluding hydrogens is 184 g/mol. The Morgan fingerprint density at radius 3 is 2.20 bits per heavy atom. The third-order valence-electron chi connectivity index (χ3n) is 2.53. The normalized spacial score (nSPS) is 11.9. The van der Waals surface area contributed by atoms with Gasteiger partial charge in [0.15, 0.2) is 0 Å². The van der Waals surface area contributed by atoms with Crippen molar-refractivity contribution in [2.45, 2.75) is 13.8 Å². The fourth-order valence-electron chi connectivity index (χ4n) is 1.26. The van der Waals surface area contributed by atoms with Gasteiger partial charge >= 0.3 is 0 Å². The number of hydrogen-bond donors (Lipinski definition) is 1. The summed E-state index contributed by atoms with van der Waals surface area (Å²) in [5, 5.41) is 0. The third-order valence-corrected chi connectivity index (χ3v) is 2.53. The summed E-state index contributed by atoms with van der Waals surface area (Å²) in [4.78, 5) is 1.96. The zero-order valence-electron chi connectivity index (χ0n) is 9.62. The van der Waals surface area contributed by atoms with Gasteiger partial charge in [0.25, 0.3) is 0 Å². The molecule has 0 fully saturated rings. The van der Waals surface area contributed by atoms with E-state index in [4.69, 9.17) is 5.73 Å². The van der Waals surface area contributed by atoms with Crippen molar-refractivity contribution in [3.8, 4) is 0 Å². The first-order valence-corrected chi connectivity index (χ1v) is 4.95. The summed E-state index contributed by atoms with van der Waals surface area (Å²) in [6.07, 6.45) is 0. The molecule has 0 aliphatic heterocycles. The summed E-state index contributed by atoms with van der Waals surface area (Å²) < 4.78 is 0. The molecule has 0 saturated heterocycles. The summed E-state index contributed by atoms with van der Waals surface area (Å²) in [7, 11) is 1.96. The van der Waals surface area contributed by atoms with Crippen molar-refractivity contribution in [1.82, 2.24) is 0 Å². The van der Waals surface area contributed by atoms with E-state index >= 15 is 0 Å². The van der Waals surface area contributed by atoms with Crippen LogP contribution in [0.25, 0.3) is 0 Å². The van der Waals surface area contributed by atoms with Crippen LogP contribution in [0.2, 0.25) is 0 Å². The lowest BCUT2D eigenvalue weighted by atomic mass is 10.1. The number of anilines is 1. The van der Waals surface area contributed by atoms with Gasteiger partial charge in [-0.3, -0.25) is 0 Å². The molecule has 0 unspecified atom stereocenters. The van der Waals surface area contributed by atoms with Crippen LogP contribution < -0.4 is 10.6 Å². The smallest absolute Gasteiger partial charge is 0.106 e. The zero-order chi connectivity index (χ0) is 11.4. The first-order valence-electron chi connectivity index (χ1n) is 4.95. The van der Waals surface area contributed by atoms with Gasteiger partial charge in [-0.05, 0) is 31.6 Å². The Kier molecular flexibility index (Phi) is 3.56. The minimum absolute atomic E-state index is 0.744. The highest BCUT2D eigenvalue weighted by atomic mass is 15.2. The fourth-order valence-corrected chi connectivity index (χ4v) is 1.26. The first kappa shape index (κ1) is 11.4. The van der Waals surface area contributed by atoms with Crippen molar-refractivity contribution in [2.24, 2.45) is 5.73 Å². The van der Waals surface area contributed by atoms with Gasteiger partial charge in [0.05, 0.1) is 0 Å². The molecule has 80 valence electrons. The number of nitrogens with zero attached hydrogens (tertiary/aromatic N) is 1. The Bertz CT molecular complexity index is 377. The Morgan fingerprint density at radius 1 is 1.20 bits per heavy atom. The number of rotatable bonds is 3. The molecule has 2 heteroatoms. The molecule has 0 aromatic heterocycles. The molecule has 2 nitrogen and oxygen atoms in total. The van der Waals surface area contributed by atoms with Crippen molar-refractivity contribution in [3.63, 3.8) is 0 Å². The number of benzene rings is 1. The minimum Gasteiger partial charge on any atom is -0.385 e. The molecule has 15 heavy (non-hydrogen) atoms. The molecule has 0 radical (unpaired) electrons. The molecule has 0 amide bonds. The van der Waals surface area contributed by atoms with Gasteiger partial charge in [0, 0.05) is 12.7 Å². The predicted octanol–water partition coefficient (Wildman–Crippen LogP) is 2.89. The van der Waals surface area contributed by atoms with Gasteiger partial charge in [-0.2, -0.15) is 0 Å². The Hall–Kier alpha value is -1.70. The summed E-state index contributed by atoms with van der Waals surface area (Å²) >= 11 is 0. The van der Waals surface area contributed by atoms with E-state index in [1.807, 2.05) is 56.1 Å². The lowest BCUT2D eigenvalue weighted by Crippen LogP contribution is -2.24. The van der Waals surface area contributed by atoms with Crippen molar-refractivity contribution in [2.75, 3.05) is 11.9 Å². The van der Waals surface area contributed by atoms with Gasteiger partial charge in [0.1, 0.15) is 5.82 Å². The second kappa shape index (κ2) is 4.69. The van der Waals surface area contributed by atoms with Gasteiger partial charge in [-0.15, -0.1) is 0 Å². The lowest BCUT2D eigenvalue weighted by molar-refractivity contribution is 1.03. The van der Waals surface area contributed by atoms with E-state index in [9.17, 15) is 0 Å². The highest BCUT2D eigenvalue weighted by Crippen LogP contribution is 2.18. The van der Waals surface area contributed by atoms with Gasteiger partial charge in [-0.1, -0.05) is 30.4 Å². The molecule has 1 rings (SSSR count). The lowest BCUT2D eigenvalue weighted by Gasteiger charge is -2.21. The maximum atomic E-state index is 6.04. The Labute approximate surface area is 91.7 Å². The van der Waals surface area contributed by atoms with E-state index in [-0.39, 0.29) is 0 Å². The summed E-state index contributed by atoms with van der Waals surface area (Å²) in [5.41, 5.74) is 9.14. The van der Waals surface area contributed by atoms with Crippen molar-refractivity contribution in [1.29, 1.82) is 0 Å². The number of hydrogen-bond acceptors (Lipinski definition) is 2. The second-order valence-electron chi connectivity index (χ2n) is 3.69. The molecule has 0 atom stereocenters. The highest BCUT2D eigenvalue weighted by Gasteiger charge is 2.06. The Balaban J connectivity index is 3.01. The van der Waals surface area contributed by atoms with Crippen LogP contribution >= 0.6 is 0 Å². The number of allylic oxidation sites excluding steroid dienone is 2. The van der Waals surface area contributed by atoms with Crippen molar-refractivity contribution >= 4 is 5.69 Å². The van der Waals surface area contributed by atoms with Gasteiger partial charge in [-0.25, -0.2) is 0 Å². The van der Waals surface area contributed by atoms with Crippen LogP contribution in [0.4, 0.5) is 5.69 Å². The van der Waals surface area contributed by atoms with Crippen LogP contribution in [-0.2, 0) is 0 Å². The summed E-state index contributed by atoms with van der Waals surface area (Å²) in [6.45, 7) is 7.83. The maximum absolute atomic E-state index is 6.04. The van der Waals surface area contributed by atoms with Crippen molar-refractivity contribution in [3.05, 3.63) is 53.9 Å². The van der Waals surface area contributed by atoms with E-state index in [0.29, 0.717) is 0 Å². The number of nitrogens with two attached hydrogens (primary N) is 1. The van der Waals surface area contributed by atoms with E-state index in [2.05, 4.69) is 6.58 Å².